The zero-order valence-electron chi connectivity index (χ0n) is 13.8. The molecule has 4 rings (SSSR count). The summed E-state index contributed by atoms with van der Waals surface area (Å²) in [7, 11) is 1.94. The van der Waals surface area contributed by atoms with Crippen LogP contribution in [0.3, 0.4) is 0 Å². The quantitative estimate of drug-likeness (QED) is 0.773. The molecule has 1 aromatic carbocycles. The number of carbonyl (C=O) groups excluding carboxylic acids is 1. The van der Waals surface area contributed by atoms with Crippen LogP contribution in [0.5, 0.6) is 0 Å². The molecule has 3 heterocycles. The number of benzene rings is 1. The number of aromatic nitrogens is 4. The summed E-state index contributed by atoms with van der Waals surface area (Å²) in [6, 6.07) is 7.17. The summed E-state index contributed by atoms with van der Waals surface area (Å²) in [5, 5.41) is 7.15. The van der Waals surface area contributed by atoms with Gasteiger partial charge >= 0.3 is 0 Å². The molecule has 8 nitrogen and oxygen atoms in total. The first kappa shape index (κ1) is 15.5. The number of hydrogen-bond donors (Lipinski definition) is 1. The summed E-state index contributed by atoms with van der Waals surface area (Å²) in [5.74, 6) is 1.38. The van der Waals surface area contributed by atoms with E-state index in [9.17, 15) is 4.79 Å². The molecule has 1 atom stereocenters. The minimum atomic E-state index is -0.0851. The van der Waals surface area contributed by atoms with Crippen LogP contribution in [0.4, 0.5) is 0 Å². The highest BCUT2D eigenvalue weighted by atomic mass is 16.5. The number of nitrogens with one attached hydrogen (secondary N) is 1. The molecule has 1 aliphatic heterocycles. The van der Waals surface area contributed by atoms with Gasteiger partial charge in [0.15, 0.2) is 0 Å². The van der Waals surface area contributed by atoms with Gasteiger partial charge in [-0.25, -0.2) is 4.98 Å². The maximum absolute atomic E-state index is 13.0. The highest BCUT2D eigenvalue weighted by molar-refractivity contribution is 5.95. The molecule has 1 fully saturated rings. The van der Waals surface area contributed by atoms with Crippen molar-refractivity contribution >= 4 is 5.91 Å². The molecule has 0 spiro atoms. The van der Waals surface area contributed by atoms with E-state index < -0.39 is 0 Å². The molecular formula is C17H18N6O2. The van der Waals surface area contributed by atoms with Gasteiger partial charge in [-0.1, -0.05) is 17.3 Å². The number of carbonyl (C=O) groups is 1. The van der Waals surface area contributed by atoms with Crippen molar-refractivity contribution in [1.29, 1.82) is 0 Å². The number of piperazine rings is 1. The Hall–Kier alpha value is -3.00. The van der Waals surface area contributed by atoms with Crippen LogP contribution in [0.1, 0.15) is 22.2 Å². The number of aryl methyl sites for hydroxylation is 1. The molecule has 0 radical (unpaired) electrons. The van der Waals surface area contributed by atoms with Gasteiger partial charge in [0.25, 0.3) is 5.91 Å². The Balaban J connectivity index is 1.59. The second-order valence-electron chi connectivity index (χ2n) is 5.95. The van der Waals surface area contributed by atoms with Gasteiger partial charge in [0.2, 0.25) is 12.2 Å². The summed E-state index contributed by atoms with van der Waals surface area (Å²) in [6.07, 6.45) is 4.94. The van der Waals surface area contributed by atoms with Crippen LogP contribution in [0.25, 0.3) is 11.4 Å². The zero-order valence-corrected chi connectivity index (χ0v) is 13.8. The van der Waals surface area contributed by atoms with E-state index in [0.717, 1.165) is 17.9 Å². The Morgan fingerprint density at radius 1 is 1.28 bits per heavy atom. The van der Waals surface area contributed by atoms with Gasteiger partial charge in [-0.15, -0.1) is 0 Å². The Morgan fingerprint density at radius 3 is 2.80 bits per heavy atom. The number of rotatable bonds is 3. The predicted octanol–water partition coefficient (Wildman–Crippen LogP) is 1.26. The Kier molecular flexibility index (Phi) is 4.02. The topological polar surface area (TPSA) is 89.1 Å². The van der Waals surface area contributed by atoms with Gasteiger partial charge in [-0.2, -0.15) is 4.98 Å². The fraction of sp³-hybridized carbons (Fsp3) is 0.294. The maximum atomic E-state index is 13.0. The van der Waals surface area contributed by atoms with Gasteiger partial charge in [0.1, 0.15) is 11.9 Å². The Labute approximate surface area is 144 Å². The summed E-state index contributed by atoms with van der Waals surface area (Å²) < 4.78 is 6.71. The number of hydrogen-bond acceptors (Lipinski definition) is 6. The summed E-state index contributed by atoms with van der Waals surface area (Å²) >= 11 is 0. The molecule has 1 unspecified atom stereocenters. The third-order valence-electron chi connectivity index (χ3n) is 4.41. The van der Waals surface area contributed by atoms with Crippen molar-refractivity contribution in [3.63, 3.8) is 0 Å². The molecule has 1 N–H and O–H groups in total. The molecular weight excluding hydrogens is 320 g/mol. The van der Waals surface area contributed by atoms with Crippen molar-refractivity contribution in [2.45, 2.75) is 6.04 Å². The van der Waals surface area contributed by atoms with Crippen LogP contribution < -0.4 is 5.32 Å². The highest BCUT2D eigenvalue weighted by Gasteiger charge is 2.31. The fourth-order valence-corrected chi connectivity index (χ4v) is 3.10. The fourth-order valence-electron chi connectivity index (χ4n) is 3.10. The minimum Gasteiger partial charge on any atom is -0.342 e. The lowest BCUT2D eigenvalue weighted by Gasteiger charge is -2.35. The lowest BCUT2D eigenvalue weighted by molar-refractivity contribution is 0.0621. The molecule has 25 heavy (non-hydrogen) atoms. The van der Waals surface area contributed by atoms with E-state index in [1.54, 1.807) is 18.3 Å². The summed E-state index contributed by atoms with van der Waals surface area (Å²) in [5.41, 5.74) is 1.44. The smallest absolute Gasteiger partial charge is 0.254 e. The van der Waals surface area contributed by atoms with Crippen LogP contribution in [-0.4, -0.2) is 50.1 Å². The first-order valence-corrected chi connectivity index (χ1v) is 8.10. The molecule has 0 bridgehead atoms. The summed E-state index contributed by atoms with van der Waals surface area (Å²) in [6.45, 7) is 2.11. The zero-order chi connectivity index (χ0) is 17.2. The highest BCUT2D eigenvalue weighted by Crippen LogP contribution is 2.23. The van der Waals surface area contributed by atoms with Gasteiger partial charge < -0.3 is 19.3 Å². The molecule has 1 amide bonds. The van der Waals surface area contributed by atoms with Crippen molar-refractivity contribution < 1.29 is 9.32 Å². The van der Waals surface area contributed by atoms with E-state index in [4.69, 9.17) is 4.52 Å². The molecule has 1 saturated heterocycles. The van der Waals surface area contributed by atoms with E-state index in [0.29, 0.717) is 24.5 Å². The van der Waals surface area contributed by atoms with Crippen LogP contribution >= 0.6 is 0 Å². The van der Waals surface area contributed by atoms with Crippen molar-refractivity contribution in [3.05, 3.63) is 54.4 Å². The van der Waals surface area contributed by atoms with E-state index in [1.807, 2.05) is 34.8 Å². The van der Waals surface area contributed by atoms with Crippen molar-refractivity contribution in [2.24, 2.45) is 7.05 Å². The molecule has 8 heteroatoms. The van der Waals surface area contributed by atoms with Crippen LogP contribution in [-0.2, 0) is 7.05 Å². The van der Waals surface area contributed by atoms with Gasteiger partial charge in [-0.05, 0) is 12.1 Å². The normalized spacial score (nSPS) is 17.6. The Bertz CT molecular complexity index is 856. The van der Waals surface area contributed by atoms with E-state index in [2.05, 4.69) is 20.4 Å². The first-order valence-electron chi connectivity index (χ1n) is 8.10. The van der Waals surface area contributed by atoms with E-state index >= 15 is 0 Å². The largest absolute Gasteiger partial charge is 0.342 e. The molecule has 1 aliphatic rings. The first-order chi connectivity index (χ1) is 12.2. The maximum Gasteiger partial charge on any atom is 0.254 e. The predicted molar refractivity (Wildman–Crippen MR) is 89.6 cm³/mol. The van der Waals surface area contributed by atoms with Gasteiger partial charge in [0, 0.05) is 50.2 Å². The number of nitrogens with zero attached hydrogens (tertiary/aromatic N) is 5. The number of imidazole rings is 1. The third-order valence-corrected chi connectivity index (χ3v) is 4.41. The SMILES string of the molecule is Cn1ccnc1C1CNCCN1C(=O)c1ccc(-c2ncon2)cc1. The molecule has 2 aromatic heterocycles. The van der Waals surface area contributed by atoms with Gasteiger partial charge in [-0.3, -0.25) is 4.79 Å². The van der Waals surface area contributed by atoms with Crippen molar-refractivity contribution in [3.8, 4) is 11.4 Å². The van der Waals surface area contributed by atoms with Crippen LogP contribution in [0, 0.1) is 0 Å². The van der Waals surface area contributed by atoms with E-state index in [1.165, 1.54) is 6.39 Å². The van der Waals surface area contributed by atoms with Gasteiger partial charge in [0.05, 0.1) is 0 Å². The second-order valence-corrected chi connectivity index (χ2v) is 5.95. The molecule has 3 aromatic rings. The monoisotopic (exact) mass is 338 g/mol. The van der Waals surface area contributed by atoms with Crippen molar-refractivity contribution in [1.82, 2.24) is 29.9 Å². The molecule has 0 aliphatic carbocycles. The van der Waals surface area contributed by atoms with E-state index in [-0.39, 0.29) is 11.9 Å². The molecule has 0 saturated carbocycles. The number of amides is 1. The minimum absolute atomic E-state index is 0.00541. The standard InChI is InChI=1S/C17H18N6O2/c1-22-8-7-19-16(22)14-10-18-6-9-23(14)17(24)13-4-2-12(3-5-13)15-20-11-25-21-15/h2-5,7-8,11,14,18H,6,9-10H2,1H3. The lowest BCUT2D eigenvalue weighted by Crippen LogP contribution is -2.49. The average molecular weight is 338 g/mol. The van der Waals surface area contributed by atoms with Crippen LogP contribution in [0.2, 0.25) is 0 Å². The average Bonchev–Trinajstić information content (AvgIpc) is 3.33. The Morgan fingerprint density at radius 2 is 2.12 bits per heavy atom. The lowest BCUT2D eigenvalue weighted by atomic mass is 10.1. The second kappa shape index (κ2) is 6.48. The third kappa shape index (κ3) is 2.91. The summed E-state index contributed by atoms with van der Waals surface area (Å²) in [4.78, 5) is 23.3. The molecule has 128 valence electrons. The van der Waals surface area contributed by atoms with Crippen molar-refractivity contribution in [2.75, 3.05) is 19.6 Å². The van der Waals surface area contributed by atoms with Crippen LogP contribution in [0.15, 0.2) is 47.6 Å².